The lowest BCUT2D eigenvalue weighted by Gasteiger charge is -2.09. The average Bonchev–Trinajstić information content (AvgIpc) is 3.26. The van der Waals surface area contributed by atoms with Crippen molar-refractivity contribution in [2.75, 3.05) is 13.7 Å². The maximum atomic E-state index is 12.3. The number of ether oxygens (including phenoxy) is 1. The second-order valence-corrected chi connectivity index (χ2v) is 6.15. The number of carbonyl (C=O) groups is 1. The van der Waals surface area contributed by atoms with Crippen LogP contribution in [0.2, 0.25) is 0 Å². The number of para-hydroxylation sites is 2. The Morgan fingerprint density at radius 2 is 2.00 bits per heavy atom. The lowest BCUT2D eigenvalue weighted by Crippen LogP contribution is -2.30. The molecule has 0 unspecified atom stereocenters. The number of hydrogen-bond acceptors (Lipinski definition) is 3. The fourth-order valence-electron chi connectivity index (χ4n) is 3.16. The van der Waals surface area contributed by atoms with Crippen LogP contribution in [-0.4, -0.2) is 33.7 Å². The van der Waals surface area contributed by atoms with Crippen LogP contribution in [0.5, 0.6) is 5.75 Å². The van der Waals surface area contributed by atoms with E-state index in [0.717, 1.165) is 27.7 Å². The number of fused-ring (bicyclic) bond motifs is 2. The largest absolute Gasteiger partial charge is 0.497 e. The number of aromatic nitrogens is 3. The van der Waals surface area contributed by atoms with Crippen molar-refractivity contribution in [3.05, 3.63) is 61.1 Å². The Labute approximate surface area is 151 Å². The molecule has 4 aromatic rings. The van der Waals surface area contributed by atoms with Crippen molar-refractivity contribution in [1.29, 1.82) is 0 Å². The first-order valence-electron chi connectivity index (χ1n) is 8.54. The summed E-state index contributed by atoms with van der Waals surface area (Å²) in [6, 6.07) is 15.8. The third-order valence-corrected chi connectivity index (χ3v) is 4.49. The highest BCUT2D eigenvalue weighted by Crippen LogP contribution is 2.21. The van der Waals surface area contributed by atoms with Gasteiger partial charge in [0, 0.05) is 30.2 Å². The Morgan fingerprint density at radius 1 is 1.12 bits per heavy atom. The quantitative estimate of drug-likeness (QED) is 0.583. The van der Waals surface area contributed by atoms with Gasteiger partial charge in [0.2, 0.25) is 5.91 Å². The van der Waals surface area contributed by atoms with Gasteiger partial charge >= 0.3 is 0 Å². The molecule has 0 saturated carbocycles. The number of methoxy groups -OCH3 is 1. The summed E-state index contributed by atoms with van der Waals surface area (Å²) in [5, 5.41) is 4.04. The number of imidazole rings is 1. The molecule has 6 nitrogen and oxygen atoms in total. The van der Waals surface area contributed by atoms with Crippen LogP contribution in [0.1, 0.15) is 0 Å². The molecule has 4 rings (SSSR count). The monoisotopic (exact) mass is 348 g/mol. The molecule has 1 N–H and O–H groups in total. The molecule has 6 heteroatoms. The summed E-state index contributed by atoms with van der Waals surface area (Å²) in [5.74, 6) is 0.801. The summed E-state index contributed by atoms with van der Waals surface area (Å²) in [4.78, 5) is 16.6. The van der Waals surface area contributed by atoms with Gasteiger partial charge in [0.1, 0.15) is 12.3 Å². The molecule has 132 valence electrons. The number of rotatable bonds is 6. The molecule has 0 saturated heterocycles. The van der Waals surface area contributed by atoms with Crippen LogP contribution in [0.15, 0.2) is 61.1 Å². The lowest BCUT2D eigenvalue weighted by atomic mass is 10.2. The summed E-state index contributed by atoms with van der Waals surface area (Å²) in [7, 11) is 1.65. The molecule has 2 heterocycles. The second kappa shape index (κ2) is 6.92. The van der Waals surface area contributed by atoms with E-state index in [-0.39, 0.29) is 5.91 Å². The Hall–Kier alpha value is -3.28. The van der Waals surface area contributed by atoms with Gasteiger partial charge in [-0.1, -0.05) is 12.1 Å². The van der Waals surface area contributed by atoms with Crippen LogP contribution in [0.25, 0.3) is 21.9 Å². The third kappa shape index (κ3) is 3.13. The molecule has 0 atom stereocenters. The Kier molecular flexibility index (Phi) is 4.31. The first-order chi connectivity index (χ1) is 12.7. The van der Waals surface area contributed by atoms with E-state index < -0.39 is 0 Å². The van der Waals surface area contributed by atoms with Crippen LogP contribution in [0, 0.1) is 0 Å². The van der Waals surface area contributed by atoms with Gasteiger partial charge in [0.25, 0.3) is 0 Å². The van der Waals surface area contributed by atoms with Gasteiger partial charge in [-0.05, 0) is 36.4 Å². The van der Waals surface area contributed by atoms with Crippen LogP contribution < -0.4 is 10.1 Å². The van der Waals surface area contributed by atoms with Crippen molar-refractivity contribution >= 4 is 27.8 Å². The average molecular weight is 348 g/mol. The van der Waals surface area contributed by atoms with E-state index in [4.69, 9.17) is 4.74 Å². The maximum absolute atomic E-state index is 12.3. The van der Waals surface area contributed by atoms with Gasteiger partial charge in [-0.2, -0.15) is 0 Å². The van der Waals surface area contributed by atoms with Crippen molar-refractivity contribution in [3.63, 3.8) is 0 Å². The number of amides is 1. The topological polar surface area (TPSA) is 61.1 Å². The van der Waals surface area contributed by atoms with E-state index in [1.165, 1.54) is 0 Å². The van der Waals surface area contributed by atoms with E-state index in [2.05, 4.69) is 10.3 Å². The minimum Gasteiger partial charge on any atom is -0.497 e. The summed E-state index contributed by atoms with van der Waals surface area (Å²) in [5.41, 5.74) is 3.06. The first kappa shape index (κ1) is 16.2. The predicted molar refractivity (Wildman–Crippen MR) is 101 cm³/mol. The molecular formula is C20H20N4O2. The highest BCUT2D eigenvalue weighted by molar-refractivity contribution is 5.84. The maximum Gasteiger partial charge on any atom is 0.240 e. The summed E-state index contributed by atoms with van der Waals surface area (Å²) >= 11 is 0. The molecular weight excluding hydrogens is 328 g/mol. The van der Waals surface area contributed by atoms with Crippen LogP contribution in [0.4, 0.5) is 0 Å². The molecule has 0 bridgehead atoms. The molecule has 0 radical (unpaired) electrons. The SMILES string of the molecule is COc1ccc2c(ccn2CC(=O)NCCn2cnc3ccccc32)c1. The van der Waals surface area contributed by atoms with Crippen LogP contribution in [-0.2, 0) is 17.9 Å². The van der Waals surface area contributed by atoms with Crippen molar-refractivity contribution in [2.24, 2.45) is 0 Å². The Morgan fingerprint density at radius 3 is 2.88 bits per heavy atom. The van der Waals surface area contributed by atoms with Crippen molar-refractivity contribution in [1.82, 2.24) is 19.4 Å². The first-order valence-corrected chi connectivity index (χ1v) is 8.54. The zero-order chi connectivity index (χ0) is 17.9. The number of hydrogen-bond donors (Lipinski definition) is 1. The fourth-order valence-corrected chi connectivity index (χ4v) is 3.16. The smallest absolute Gasteiger partial charge is 0.240 e. The molecule has 0 aliphatic rings. The predicted octanol–water partition coefficient (Wildman–Crippen LogP) is 2.82. The van der Waals surface area contributed by atoms with Gasteiger partial charge in [0.05, 0.1) is 24.5 Å². The molecule has 2 aromatic heterocycles. The van der Waals surface area contributed by atoms with E-state index in [1.54, 1.807) is 7.11 Å². The van der Waals surface area contributed by atoms with Crippen LogP contribution in [0.3, 0.4) is 0 Å². The van der Waals surface area contributed by atoms with Crippen molar-refractivity contribution < 1.29 is 9.53 Å². The van der Waals surface area contributed by atoms with Gasteiger partial charge in [-0.15, -0.1) is 0 Å². The van der Waals surface area contributed by atoms with Crippen LogP contribution >= 0.6 is 0 Å². The molecule has 26 heavy (non-hydrogen) atoms. The standard InChI is InChI=1S/C20H20N4O2/c1-26-16-6-7-18-15(12-16)8-10-23(18)13-20(25)21-9-11-24-14-22-17-4-2-3-5-19(17)24/h2-8,10,12,14H,9,11,13H2,1H3,(H,21,25). The summed E-state index contributed by atoms with van der Waals surface area (Å²) < 4.78 is 9.23. The Bertz CT molecular complexity index is 1060. The fraction of sp³-hybridized carbons (Fsp3) is 0.200. The molecule has 1 amide bonds. The van der Waals surface area contributed by atoms with E-state index in [9.17, 15) is 4.79 Å². The minimum absolute atomic E-state index is 0.0114. The van der Waals surface area contributed by atoms with Gasteiger partial charge in [0.15, 0.2) is 0 Å². The molecule has 0 aliphatic heterocycles. The van der Waals surface area contributed by atoms with Crippen molar-refractivity contribution in [2.45, 2.75) is 13.1 Å². The molecule has 0 fully saturated rings. The Balaban J connectivity index is 1.37. The number of nitrogens with zero attached hydrogens (tertiary/aromatic N) is 3. The van der Waals surface area contributed by atoms with E-state index in [0.29, 0.717) is 19.6 Å². The number of carbonyl (C=O) groups excluding carboxylic acids is 1. The van der Waals surface area contributed by atoms with E-state index in [1.807, 2.05) is 70.2 Å². The normalized spacial score (nSPS) is 11.1. The zero-order valence-electron chi connectivity index (χ0n) is 14.6. The summed E-state index contributed by atoms with van der Waals surface area (Å²) in [6.45, 7) is 1.54. The van der Waals surface area contributed by atoms with Gasteiger partial charge in [-0.25, -0.2) is 4.98 Å². The highest BCUT2D eigenvalue weighted by atomic mass is 16.5. The minimum atomic E-state index is -0.0114. The molecule has 0 spiro atoms. The number of nitrogens with one attached hydrogen (secondary N) is 1. The number of benzene rings is 2. The zero-order valence-corrected chi connectivity index (χ0v) is 14.6. The highest BCUT2D eigenvalue weighted by Gasteiger charge is 2.07. The second-order valence-electron chi connectivity index (χ2n) is 6.15. The lowest BCUT2D eigenvalue weighted by molar-refractivity contribution is -0.121. The van der Waals surface area contributed by atoms with Gasteiger partial charge < -0.3 is 19.2 Å². The van der Waals surface area contributed by atoms with Crippen molar-refractivity contribution in [3.8, 4) is 5.75 Å². The van der Waals surface area contributed by atoms with Gasteiger partial charge in [-0.3, -0.25) is 4.79 Å². The molecule has 0 aliphatic carbocycles. The molecule has 2 aromatic carbocycles. The summed E-state index contributed by atoms with van der Waals surface area (Å²) in [6.07, 6.45) is 3.73. The van der Waals surface area contributed by atoms with E-state index >= 15 is 0 Å². The third-order valence-electron chi connectivity index (χ3n) is 4.49.